The predicted molar refractivity (Wildman–Crippen MR) is 59.7 cm³/mol. The molecule has 0 aliphatic heterocycles. The van der Waals surface area contributed by atoms with Crippen molar-refractivity contribution >= 4 is 11.9 Å². The van der Waals surface area contributed by atoms with Crippen LogP contribution in [0.15, 0.2) is 10.6 Å². The molecule has 0 bridgehead atoms. The van der Waals surface area contributed by atoms with Gasteiger partial charge in [-0.1, -0.05) is 12.1 Å². The second kappa shape index (κ2) is 5.47. The maximum atomic E-state index is 12.0. The van der Waals surface area contributed by atoms with E-state index in [1.807, 2.05) is 6.92 Å². The van der Waals surface area contributed by atoms with E-state index in [2.05, 4.69) is 5.16 Å². The van der Waals surface area contributed by atoms with Crippen molar-refractivity contribution in [1.82, 2.24) is 10.1 Å². The Morgan fingerprint density at radius 1 is 1.59 bits per heavy atom. The number of carbonyl (C=O) groups excluding carboxylic acids is 1. The van der Waals surface area contributed by atoms with E-state index in [0.29, 0.717) is 12.2 Å². The predicted octanol–water partition coefficient (Wildman–Crippen LogP) is 1.31. The van der Waals surface area contributed by atoms with Crippen LogP contribution in [0.5, 0.6) is 0 Å². The lowest BCUT2D eigenvalue weighted by molar-refractivity contribution is -0.138. The van der Waals surface area contributed by atoms with E-state index in [4.69, 9.17) is 9.63 Å². The minimum Gasteiger partial charge on any atom is -0.480 e. The lowest BCUT2D eigenvalue weighted by atomic mass is 10.2. The summed E-state index contributed by atoms with van der Waals surface area (Å²) in [5.41, 5.74) is 0.143. The van der Waals surface area contributed by atoms with E-state index in [1.54, 1.807) is 13.8 Å². The average Bonchev–Trinajstić information content (AvgIpc) is 2.70. The minimum absolute atomic E-state index is 0.143. The summed E-state index contributed by atoms with van der Waals surface area (Å²) < 4.78 is 4.81. The fourth-order valence-corrected chi connectivity index (χ4v) is 1.41. The molecular formula is C11H16N2O4. The molecular weight excluding hydrogens is 224 g/mol. The van der Waals surface area contributed by atoms with Crippen molar-refractivity contribution in [2.75, 3.05) is 6.54 Å². The molecule has 1 N–H and O–H groups in total. The van der Waals surface area contributed by atoms with Crippen LogP contribution in [0.2, 0.25) is 0 Å². The SMILES string of the molecule is CCC(C)N(CC(=O)O)C(=O)c1cc(C)on1. The first kappa shape index (κ1) is 13.2. The molecule has 0 saturated heterocycles. The van der Waals surface area contributed by atoms with Gasteiger partial charge in [0.25, 0.3) is 5.91 Å². The number of nitrogens with zero attached hydrogens (tertiary/aromatic N) is 2. The number of carbonyl (C=O) groups is 2. The molecule has 0 aliphatic rings. The Morgan fingerprint density at radius 2 is 2.24 bits per heavy atom. The molecule has 1 amide bonds. The van der Waals surface area contributed by atoms with Gasteiger partial charge in [-0.2, -0.15) is 0 Å². The second-order valence-corrected chi connectivity index (χ2v) is 3.91. The van der Waals surface area contributed by atoms with Crippen LogP contribution in [0, 0.1) is 6.92 Å². The third kappa shape index (κ3) is 3.30. The molecule has 1 atom stereocenters. The zero-order valence-electron chi connectivity index (χ0n) is 10.1. The number of hydrogen-bond acceptors (Lipinski definition) is 4. The highest BCUT2D eigenvalue weighted by Crippen LogP contribution is 2.10. The number of aromatic nitrogens is 1. The Morgan fingerprint density at radius 3 is 2.65 bits per heavy atom. The topological polar surface area (TPSA) is 83.6 Å². The zero-order valence-corrected chi connectivity index (χ0v) is 10.1. The van der Waals surface area contributed by atoms with E-state index >= 15 is 0 Å². The first-order valence-corrected chi connectivity index (χ1v) is 5.41. The number of rotatable bonds is 5. The molecule has 17 heavy (non-hydrogen) atoms. The molecule has 0 spiro atoms. The van der Waals surface area contributed by atoms with Gasteiger partial charge in [0.2, 0.25) is 0 Å². The highest BCUT2D eigenvalue weighted by Gasteiger charge is 2.25. The van der Waals surface area contributed by atoms with Crippen molar-refractivity contribution < 1.29 is 19.2 Å². The summed E-state index contributed by atoms with van der Waals surface area (Å²) >= 11 is 0. The fourth-order valence-electron chi connectivity index (χ4n) is 1.41. The Hall–Kier alpha value is -1.85. The standard InChI is InChI=1S/C11H16N2O4/c1-4-7(2)13(6-10(14)15)11(16)9-5-8(3)17-12-9/h5,7H,4,6H2,1-3H3,(H,14,15). The van der Waals surface area contributed by atoms with Crippen LogP contribution in [0.1, 0.15) is 36.5 Å². The third-order valence-corrected chi connectivity index (χ3v) is 2.54. The van der Waals surface area contributed by atoms with Crippen LogP contribution in [0.25, 0.3) is 0 Å². The monoisotopic (exact) mass is 240 g/mol. The summed E-state index contributed by atoms with van der Waals surface area (Å²) in [7, 11) is 0. The van der Waals surface area contributed by atoms with Crippen molar-refractivity contribution in [3.05, 3.63) is 17.5 Å². The molecule has 0 fully saturated rings. The van der Waals surface area contributed by atoms with Gasteiger partial charge in [-0.15, -0.1) is 0 Å². The summed E-state index contributed by atoms with van der Waals surface area (Å²) in [6.07, 6.45) is 0.676. The van der Waals surface area contributed by atoms with Crippen LogP contribution < -0.4 is 0 Å². The lowest BCUT2D eigenvalue weighted by Gasteiger charge is -2.25. The second-order valence-electron chi connectivity index (χ2n) is 3.91. The number of carboxylic acid groups (broad SMARTS) is 1. The molecule has 0 aliphatic carbocycles. The molecule has 1 unspecified atom stereocenters. The third-order valence-electron chi connectivity index (χ3n) is 2.54. The fraction of sp³-hybridized carbons (Fsp3) is 0.545. The summed E-state index contributed by atoms with van der Waals surface area (Å²) in [4.78, 5) is 24.0. The number of amides is 1. The lowest BCUT2D eigenvalue weighted by Crippen LogP contribution is -2.42. The Bertz CT molecular complexity index is 413. The Labute approximate surface area is 99.2 Å². The number of aliphatic carboxylic acids is 1. The van der Waals surface area contributed by atoms with Crippen LogP contribution in [0.3, 0.4) is 0 Å². The summed E-state index contributed by atoms with van der Waals surface area (Å²) in [5.74, 6) is -0.940. The average molecular weight is 240 g/mol. The van der Waals surface area contributed by atoms with Gasteiger partial charge in [-0.3, -0.25) is 9.59 Å². The van der Waals surface area contributed by atoms with Gasteiger partial charge in [-0.25, -0.2) is 0 Å². The molecule has 0 saturated carbocycles. The first-order chi connectivity index (χ1) is 7.95. The van der Waals surface area contributed by atoms with Crippen molar-refractivity contribution in [1.29, 1.82) is 0 Å². The van der Waals surface area contributed by atoms with Gasteiger partial charge in [0.15, 0.2) is 5.69 Å². The molecule has 0 aromatic carbocycles. The normalized spacial score (nSPS) is 12.2. The van der Waals surface area contributed by atoms with Gasteiger partial charge < -0.3 is 14.5 Å². The smallest absolute Gasteiger partial charge is 0.323 e. The highest BCUT2D eigenvalue weighted by atomic mass is 16.5. The highest BCUT2D eigenvalue weighted by molar-refractivity contribution is 5.94. The van der Waals surface area contributed by atoms with E-state index in [-0.39, 0.29) is 18.3 Å². The summed E-state index contributed by atoms with van der Waals surface area (Å²) in [6, 6.07) is 1.34. The molecule has 0 radical (unpaired) electrons. The molecule has 6 heteroatoms. The van der Waals surface area contributed by atoms with E-state index < -0.39 is 11.9 Å². The van der Waals surface area contributed by atoms with Crippen molar-refractivity contribution in [2.24, 2.45) is 0 Å². The molecule has 94 valence electrons. The van der Waals surface area contributed by atoms with Crippen LogP contribution >= 0.6 is 0 Å². The van der Waals surface area contributed by atoms with Gasteiger partial charge in [0, 0.05) is 12.1 Å². The zero-order chi connectivity index (χ0) is 13.0. The Balaban J connectivity index is 2.89. The number of hydrogen-bond donors (Lipinski definition) is 1. The van der Waals surface area contributed by atoms with Crippen LogP contribution in [-0.2, 0) is 4.79 Å². The summed E-state index contributed by atoms with van der Waals surface area (Å²) in [6.45, 7) is 5.03. The molecule has 1 heterocycles. The number of aryl methyl sites for hydroxylation is 1. The van der Waals surface area contributed by atoms with E-state index in [1.165, 1.54) is 11.0 Å². The first-order valence-electron chi connectivity index (χ1n) is 5.41. The van der Waals surface area contributed by atoms with Gasteiger partial charge in [0.1, 0.15) is 12.3 Å². The summed E-state index contributed by atoms with van der Waals surface area (Å²) in [5, 5.41) is 12.4. The van der Waals surface area contributed by atoms with Gasteiger partial charge in [0.05, 0.1) is 0 Å². The van der Waals surface area contributed by atoms with E-state index in [0.717, 1.165) is 0 Å². The van der Waals surface area contributed by atoms with Crippen molar-refractivity contribution in [2.45, 2.75) is 33.2 Å². The quantitative estimate of drug-likeness (QED) is 0.838. The van der Waals surface area contributed by atoms with Gasteiger partial charge in [-0.05, 0) is 20.3 Å². The van der Waals surface area contributed by atoms with Crippen LogP contribution in [0.4, 0.5) is 0 Å². The van der Waals surface area contributed by atoms with Gasteiger partial charge >= 0.3 is 5.97 Å². The van der Waals surface area contributed by atoms with Crippen molar-refractivity contribution in [3.8, 4) is 0 Å². The molecule has 1 aromatic rings. The van der Waals surface area contributed by atoms with Crippen LogP contribution in [-0.4, -0.2) is 39.6 Å². The molecule has 1 aromatic heterocycles. The number of carboxylic acids is 1. The Kier molecular flexibility index (Phi) is 4.25. The molecule has 1 rings (SSSR count). The minimum atomic E-state index is -1.04. The largest absolute Gasteiger partial charge is 0.480 e. The van der Waals surface area contributed by atoms with E-state index in [9.17, 15) is 9.59 Å². The van der Waals surface area contributed by atoms with Crippen molar-refractivity contribution in [3.63, 3.8) is 0 Å². The molecule has 6 nitrogen and oxygen atoms in total. The maximum Gasteiger partial charge on any atom is 0.323 e. The maximum absolute atomic E-state index is 12.0.